The Hall–Kier alpha value is -3.85. The Morgan fingerprint density at radius 3 is 2.55 bits per heavy atom. The van der Waals surface area contributed by atoms with Crippen molar-refractivity contribution in [2.45, 2.75) is 26.3 Å². The third kappa shape index (κ3) is 4.83. The molecule has 0 aliphatic heterocycles. The van der Waals surface area contributed by atoms with E-state index in [1.807, 2.05) is 44.2 Å². The van der Waals surface area contributed by atoms with Crippen molar-refractivity contribution in [3.05, 3.63) is 76.9 Å². The van der Waals surface area contributed by atoms with Crippen LogP contribution >= 0.6 is 11.3 Å². The van der Waals surface area contributed by atoms with Crippen molar-refractivity contribution >= 4 is 45.1 Å². The number of rotatable bonds is 6. The summed E-state index contributed by atoms with van der Waals surface area (Å²) in [5, 5.41) is 3.16. The first kappa shape index (κ1) is 22.3. The van der Waals surface area contributed by atoms with Crippen LogP contribution in [0.15, 0.2) is 65.9 Å². The minimum atomic E-state index is -0.607. The van der Waals surface area contributed by atoms with E-state index in [1.54, 1.807) is 35.2 Å². The van der Waals surface area contributed by atoms with Crippen LogP contribution in [0.4, 0.5) is 11.6 Å². The van der Waals surface area contributed by atoms with E-state index in [-0.39, 0.29) is 11.9 Å². The summed E-state index contributed by atoms with van der Waals surface area (Å²) in [5.74, 6) is -0.283. The number of aryl methyl sites for hydroxylation is 1. The Morgan fingerprint density at radius 2 is 1.88 bits per heavy atom. The molecule has 4 aromatic rings. The highest BCUT2D eigenvalue weighted by Crippen LogP contribution is 2.27. The molecule has 168 valence electrons. The lowest BCUT2D eigenvalue weighted by molar-refractivity contribution is -0.144. The van der Waals surface area contributed by atoms with Crippen LogP contribution < -0.4 is 10.1 Å². The zero-order valence-corrected chi connectivity index (χ0v) is 19.3. The normalized spacial score (nSPS) is 12.5. The number of thiazole rings is 1. The van der Waals surface area contributed by atoms with Gasteiger partial charge in [0.2, 0.25) is 5.95 Å². The van der Waals surface area contributed by atoms with E-state index in [0.717, 1.165) is 21.5 Å². The molecule has 2 aromatic heterocycles. The number of benzene rings is 2. The fraction of sp³-hybridized carbons (Fsp3) is 0.208. The number of carbonyl (C=O) groups is 2. The molecule has 2 heterocycles. The third-order valence-corrected chi connectivity index (χ3v) is 6.13. The molecule has 8 nitrogen and oxygen atoms in total. The SMILES string of the molecule is CCC(C(=O)OC)n1c(=NC(=O)c2ccc(C)cc2)sc2cc(Nc3ncccn3)ccc21. The zero-order valence-electron chi connectivity index (χ0n) is 18.5. The van der Waals surface area contributed by atoms with Crippen LogP contribution in [-0.2, 0) is 9.53 Å². The maximum atomic E-state index is 12.9. The molecule has 0 spiro atoms. The number of fused-ring (bicyclic) bond motifs is 1. The van der Waals surface area contributed by atoms with Crippen LogP contribution in [0.5, 0.6) is 0 Å². The molecule has 9 heteroatoms. The van der Waals surface area contributed by atoms with Crippen molar-refractivity contribution in [3.8, 4) is 0 Å². The molecule has 0 aliphatic rings. The average molecular weight is 462 g/mol. The fourth-order valence-corrected chi connectivity index (χ4v) is 4.54. The van der Waals surface area contributed by atoms with Gasteiger partial charge in [-0.05, 0) is 49.7 Å². The lowest BCUT2D eigenvalue weighted by Crippen LogP contribution is -2.28. The predicted molar refractivity (Wildman–Crippen MR) is 128 cm³/mol. The highest BCUT2D eigenvalue weighted by Gasteiger charge is 2.23. The van der Waals surface area contributed by atoms with Crippen molar-refractivity contribution in [1.29, 1.82) is 0 Å². The summed E-state index contributed by atoms with van der Waals surface area (Å²) < 4.78 is 7.66. The summed E-state index contributed by atoms with van der Waals surface area (Å²) in [6.45, 7) is 3.85. The van der Waals surface area contributed by atoms with Crippen molar-refractivity contribution < 1.29 is 14.3 Å². The van der Waals surface area contributed by atoms with Gasteiger partial charge in [-0.1, -0.05) is 36.0 Å². The van der Waals surface area contributed by atoms with Crippen LogP contribution in [0.3, 0.4) is 0 Å². The molecule has 0 fully saturated rings. The molecule has 0 aliphatic carbocycles. The van der Waals surface area contributed by atoms with Gasteiger partial charge < -0.3 is 14.6 Å². The standard InChI is InChI=1S/C24H23N5O3S/c1-4-18(22(31)32-3)29-19-11-10-17(27-23-25-12-5-13-26-23)14-20(19)33-24(29)28-21(30)16-8-6-15(2)7-9-16/h5-14,18H,4H2,1-3H3,(H,25,26,27). The summed E-state index contributed by atoms with van der Waals surface area (Å²) in [6.07, 6.45) is 3.80. The second-order valence-electron chi connectivity index (χ2n) is 7.36. The number of nitrogens with zero attached hydrogens (tertiary/aromatic N) is 4. The molecule has 4 rings (SSSR count). The largest absolute Gasteiger partial charge is 0.467 e. The number of ether oxygens (including phenoxy) is 1. The molecule has 1 unspecified atom stereocenters. The maximum Gasteiger partial charge on any atom is 0.328 e. The molecule has 33 heavy (non-hydrogen) atoms. The molecule has 0 saturated carbocycles. The first-order chi connectivity index (χ1) is 16.0. The van der Waals surface area contributed by atoms with E-state index in [2.05, 4.69) is 20.3 Å². The lowest BCUT2D eigenvalue weighted by Gasteiger charge is -2.15. The van der Waals surface area contributed by atoms with E-state index < -0.39 is 6.04 Å². The van der Waals surface area contributed by atoms with E-state index in [9.17, 15) is 9.59 Å². The summed E-state index contributed by atoms with van der Waals surface area (Å²) in [4.78, 5) is 38.6. The number of nitrogens with one attached hydrogen (secondary N) is 1. The van der Waals surface area contributed by atoms with Gasteiger partial charge in [-0.2, -0.15) is 4.99 Å². The highest BCUT2D eigenvalue weighted by molar-refractivity contribution is 7.16. The number of esters is 1. The third-order valence-electron chi connectivity index (χ3n) is 5.12. The Kier molecular flexibility index (Phi) is 6.60. The molecular formula is C24H23N5O3S. The van der Waals surface area contributed by atoms with Gasteiger partial charge in [0.1, 0.15) is 6.04 Å². The number of aromatic nitrogens is 3. The molecule has 1 N–H and O–H groups in total. The van der Waals surface area contributed by atoms with E-state index in [1.165, 1.54) is 18.4 Å². The summed E-state index contributed by atoms with van der Waals surface area (Å²) in [5.41, 5.74) is 3.11. The first-order valence-corrected chi connectivity index (χ1v) is 11.2. The van der Waals surface area contributed by atoms with Crippen LogP contribution in [0.1, 0.15) is 35.3 Å². The van der Waals surface area contributed by atoms with Crippen molar-refractivity contribution in [1.82, 2.24) is 14.5 Å². The maximum absolute atomic E-state index is 12.9. The summed E-state index contributed by atoms with van der Waals surface area (Å²) in [7, 11) is 1.36. The van der Waals surface area contributed by atoms with Gasteiger partial charge in [-0.25, -0.2) is 14.8 Å². The topological polar surface area (TPSA) is 98.5 Å². The van der Waals surface area contributed by atoms with Crippen LogP contribution in [0.2, 0.25) is 0 Å². The minimum absolute atomic E-state index is 0.369. The lowest BCUT2D eigenvalue weighted by atomic mass is 10.1. The van der Waals surface area contributed by atoms with Gasteiger partial charge >= 0.3 is 5.97 Å². The van der Waals surface area contributed by atoms with Crippen LogP contribution in [-0.4, -0.2) is 33.5 Å². The van der Waals surface area contributed by atoms with Gasteiger partial charge in [0.05, 0.1) is 17.3 Å². The van der Waals surface area contributed by atoms with Gasteiger partial charge in [0.15, 0.2) is 4.80 Å². The fourth-order valence-electron chi connectivity index (χ4n) is 3.43. The van der Waals surface area contributed by atoms with Gasteiger partial charge in [0.25, 0.3) is 5.91 Å². The van der Waals surface area contributed by atoms with Crippen LogP contribution in [0, 0.1) is 6.92 Å². The van der Waals surface area contributed by atoms with Crippen molar-refractivity contribution in [2.24, 2.45) is 4.99 Å². The number of amides is 1. The van der Waals surface area contributed by atoms with Gasteiger partial charge in [-0.3, -0.25) is 4.79 Å². The molecule has 1 atom stereocenters. The molecular weight excluding hydrogens is 438 g/mol. The monoisotopic (exact) mass is 461 g/mol. The molecule has 0 bridgehead atoms. The Morgan fingerprint density at radius 1 is 1.15 bits per heavy atom. The number of hydrogen-bond acceptors (Lipinski definition) is 7. The van der Waals surface area contributed by atoms with Crippen molar-refractivity contribution in [2.75, 3.05) is 12.4 Å². The Balaban J connectivity index is 1.84. The van der Waals surface area contributed by atoms with E-state index in [0.29, 0.717) is 22.7 Å². The Labute approximate surface area is 194 Å². The van der Waals surface area contributed by atoms with E-state index >= 15 is 0 Å². The molecule has 0 radical (unpaired) electrons. The molecule has 2 aromatic carbocycles. The smallest absolute Gasteiger partial charge is 0.328 e. The predicted octanol–water partition coefficient (Wildman–Crippen LogP) is 4.41. The van der Waals surface area contributed by atoms with Crippen LogP contribution in [0.25, 0.3) is 10.2 Å². The number of methoxy groups -OCH3 is 1. The van der Waals surface area contributed by atoms with Crippen molar-refractivity contribution in [3.63, 3.8) is 0 Å². The van der Waals surface area contributed by atoms with E-state index in [4.69, 9.17) is 4.74 Å². The molecule has 1 amide bonds. The quantitative estimate of drug-likeness (QED) is 0.427. The first-order valence-electron chi connectivity index (χ1n) is 10.4. The number of hydrogen-bond donors (Lipinski definition) is 1. The van der Waals surface area contributed by atoms with Gasteiger partial charge in [0, 0.05) is 23.6 Å². The summed E-state index contributed by atoms with van der Waals surface area (Å²) >= 11 is 1.33. The number of anilines is 2. The highest BCUT2D eigenvalue weighted by atomic mass is 32.1. The average Bonchev–Trinajstić information content (AvgIpc) is 3.17. The zero-order chi connectivity index (χ0) is 23.4. The molecule has 0 saturated heterocycles. The summed E-state index contributed by atoms with van der Waals surface area (Å²) in [6, 6.07) is 14.1. The second kappa shape index (κ2) is 9.74. The minimum Gasteiger partial charge on any atom is -0.467 e. The van der Waals surface area contributed by atoms with Gasteiger partial charge in [-0.15, -0.1) is 0 Å². The Bertz CT molecular complexity index is 1360. The number of carbonyl (C=O) groups excluding carboxylic acids is 2. The second-order valence-corrected chi connectivity index (χ2v) is 8.37.